The number of carboxylic acids is 1. The molecular weight excluding hydrogens is 480 g/mol. The van der Waals surface area contributed by atoms with Gasteiger partial charge >= 0.3 is 12.1 Å². The van der Waals surface area contributed by atoms with Gasteiger partial charge in [0.15, 0.2) is 5.60 Å². The van der Waals surface area contributed by atoms with E-state index in [-0.39, 0.29) is 26.2 Å². The minimum Gasteiger partial charge on any atom is -0.476 e. The molecule has 12 heteroatoms. The van der Waals surface area contributed by atoms with E-state index in [0.717, 1.165) is 19.1 Å². The highest BCUT2D eigenvalue weighted by Crippen LogP contribution is 2.48. The summed E-state index contributed by atoms with van der Waals surface area (Å²) in [6.07, 6.45) is -5.72. The van der Waals surface area contributed by atoms with Crippen LogP contribution in [-0.4, -0.2) is 51.2 Å². The van der Waals surface area contributed by atoms with Crippen molar-refractivity contribution in [1.82, 2.24) is 9.88 Å². The quantitative estimate of drug-likeness (QED) is 0.528. The van der Waals surface area contributed by atoms with E-state index < -0.39 is 40.7 Å². The number of benzene rings is 1. The van der Waals surface area contributed by atoms with Crippen LogP contribution in [0.15, 0.2) is 12.1 Å². The lowest BCUT2D eigenvalue weighted by atomic mass is 9.89. The number of aliphatic hydroxyl groups is 1. The van der Waals surface area contributed by atoms with Gasteiger partial charge in [-0.3, -0.25) is 4.79 Å². The van der Waals surface area contributed by atoms with E-state index in [1.165, 1.54) is 4.90 Å². The van der Waals surface area contributed by atoms with Crippen molar-refractivity contribution < 1.29 is 33.0 Å². The van der Waals surface area contributed by atoms with Gasteiger partial charge in [0.1, 0.15) is 5.69 Å². The standard InChI is InChI=1S/C19H19Cl2F3N2O4S/c1-4-18(30,19(22,23)24)10-8-7-9(11(20)12(10)21)14-13(16(27)26(5-2)6-3)25-15(31-14)17(28)29/h7-8,30H,4-6H2,1-3H3,(H,28,29). The fourth-order valence-corrected chi connectivity index (χ4v) is 4.55. The summed E-state index contributed by atoms with van der Waals surface area (Å²) in [7, 11) is 0. The number of carboxylic acid groups (broad SMARTS) is 1. The van der Waals surface area contributed by atoms with Crippen LogP contribution < -0.4 is 0 Å². The van der Waals surface area contributed by atoms with E-state index in [1.807, 2.05) is 0 Å². The zero-order chi connectivity index (χ0) is 23.7. The van der Waals surface area contributed by atoms with E-state index in [4.69, 9.17) is 23.2 Å². The number of nitrogens with zero attached hydrogens (tertiary/aromatic N) is 2. The topological polar surface area (TPSA) is 90.7 Å². The number of thiazole rings is 1. The molecule has 0 fully saturated rings. The van der Waals surface area contributed by atoms with Gasteiger partial charge in [0.05, 0.1) is 14.9 Å². The number of hydrogen-bond acceptors (Lipinski definition) is 5. The fraction of sp³-hybridized carbons (Fsp3) is 0.421. The Morgan fingerprint density at radius 3 is 2.16 bits per heavy atom. The summed E-state index contributed by atoms with van der Waals surface area (Å²) in [5.41, 5.74) is -4.03. The monoisotopic (exact) mass is 498 g/mol. The van der Waals surface area contributed by atoms with Gasteiger partial charge < -0.3 is 15.1 Å². The van der Waals surface area contributed by atoms with Crippen LogP contribution in [0.25, 0.3) is 10.4 Å². The Hall–Kier alpha value is -1.88. The van der Waals surface area contributed by atoms with Gasteiger partial charge in [-0.2, -0.15) is 13.2 Å². The molecule has 1 amide bonds. The molecule has 31 heavy (non-hydrogen) atoms. The van der Waals surface area contributed by atoms with Crippen LogP contribution in [-0.2, 0) is 5.60 Å². The second kappa shape index (κ2) is 9.32. The summed E-state index contributed by atoms with van der Waals surface area (Å²) in [6.45, 7) is 5.27. The lowest BCUT2D eigenvalue weighted by Crippen LogP contribution is -2.42. The smallest absolute Gasteiger partial charge is 0.421 e. The van der Waals surface area contributed by atoms with Crippen LogP contribution >= 0.6 is 34.5 Å². The molecular formula is C19H19Cl2F3N2O4S. The van der Waals surface area contributed by atoms with E-state index >= 15 is 0 Å². The summed E-state index contributed by atoms with van der Waals surface area (Å²) in [5.74, 6) is -1.93. The van der Waals surface area contributed by atoms with Crippen LogP contribution in [0.5, 0.6) is 0 Å². The van der Waals surface area contributed by atoms with Crippen molar-refractivity contribution in [2.75, 3.05) is 13.1 Å². The number of carbonyl (C=O) groups is 2. The van der Waals surface area contributed by atoms with Gasteiger partial charge in [-0.25, -0.2) is 9.78 Å². The second-order valence-corrected chi connectivity index (χ2v) is 8.23. The molecule has 2 N–H and O–H groups in total. The molecule has 0 aliphatic rings. The average molecular weight is 499 g/mol. The molecule has 1 heterocycles. The second-order valence-electron chi connectivity index (χ2n) is 6.48. The number of carbonyl (C=O) groups excluding carboxylic acids is 1. The van der Waals surface area contributed by atoms with Crippen LogP contribution in [0.1, 0.15) is 53.0 Å². The number of aromatic nitrogens is 1. The SMILES string of the molecule is CCN(CC)C(=O)c1nc(C(=O)O)sc1-c1ccc(C(O)(CC)C(F)(F)F)c(Cl)c1Cl. The first-order valence-corrected chi connectivity index (χ1v) is 10.7. The minimum atomic E-state index is -5.01. The van der Waals surface area contributed by atoms with Crippen molar-refractivity contribution in [1.29, 1.82) is 0 Å². The third kappa shape index (κ3) is 4.52. The number of hydrogen-bond donors (Lipinski definition) is 2. The lowest BCUT2D eigenvalue weighted by Gasteiger charge is -2.31. The molecule has 170 valence electrons. The maximum absolute atomic E-state index is 13.5. The van der Waals surface area contributed by atoms with Crippen molar-refractivity contribution >= 4 is 46.4 Å². The largest absolute Gasteiger partial charge is 0.476 e. The maximum Gasteiger partial charge on any atom is 0.421 e. The minimum absolute atomic E-state index is 0.0385. The van der Waals surface area contributed by atoms with Crippen LogP contribution in [0.3, 0.4) is 0 Å². The van der Waals surface area contributed by atoms with Crippen molar-refractivity contribution in [3.8, 4) is 10.4 Å². The highest BCUT2D eigenvalue weighted by molar-refractivity contribution is 7.17. The van der Waals surface area contributed by atoms with E-state index in [1.54, 1.807) is 13.8 Å². The highest BCUT2D eigenvalue weighted by atomic mass is 35.5. The first-order valence-electron chi connectivity index (χ1n) is 9.15. The lowest BCUT2D eigenvalue weighted by molar-refractivity contribution is -0.267. The number of alkyl halides is 3. The zero-order valence-corrected chi connectivity index (χ0v) is 19.0. The van der Waals surface area contributed by atoms with Gasteiger partial charge in [0, 0.05) is 24.2 Å². The first-order chi connectivity index (χ1) is 14.3. The summed E-state index contributed by atoms with van der Waals surface area (Å²) in [6, 6.07) is 2.13. The van der Waals surface area contributed by atoms with Gasteiger partial charge in [-0.1, -0.05) is 42.3 Å². The van der Waals surface area contributed by atoms with Crippen molar-refractivity contribution in [2.24, 2.45) is 0 Å². The fourth-order valence-electron chi connectivity index (χ4n) is 2.99. The molecule has 2 aromatic rings. The Balaban J connectivity index is 2.74. The third-order valence-electron chi connectivity index (χ3n) is 4.82. The van der Waals surface area contributed by atoms with Gasteiger partial charge in [0.2, 0.25) is 5.01 Å². The molecule has 1 aromatic carbocycles. The molecule has 2 rings (SSSR count). The molecule has 0 aliphatic carbocycles. The Morgan fingerprint density at radius 2 is 1.71 bits per heavy atom. The summed E-state index contributed by atoms with van der Waals surface area (Å²) in [5, 5.41) is 18.2. The summed E-state index contributed by atoms with van der Waals surface area (Å²) in [4.78, 5) is 29.6. The number of rotatable bonds is 7. The normalized spacial score (nSPS) is 13.7. The third-order valence-corrected chi connectivity index (χ3v) is 6.78. The first kappa shape index (κ1) is 25.4. The molecule has 1 aromatic heterocycles. The zero-order valence-electron chi connectivity index (χ0n) is 16.7. The molecule has 0 aliphatic heterocycles. The number of amides is 1. The van der Waals surface area contributed by atoms with Crippen LogP contribution in [0, 0.1) is 0 Å². The molecule has 1 atom stereocenters. The Morgan fingerprint density at radius 1 is 1.13 bits per heavy atom. The summed E-state index contributed by atoms with van der Waals surface area (Å²) >= 11 is 13.0. The number of aromatic carboxylic acids is 1. The van der Waals surface area contributed by atoms with Crippen LogP contribution in [0.2, 0.25) is 10.0 Å². The highest BCUT2D eigenvalue weighted by Gasteiger charge is 2.54. The van der Waals surface area contributed by atoms with Gasteiger partial charge in [0.25, 0.3) is 5.91 Å². The Bertz CT molecular complexity index is 1010. The molecule has 6 nitrogen and oxygen atoms in total. The van der Waals surface area contributed by atoms with Crippen molar-refractivity contribution in [3.05, 3.63) is 38.4 Å². The van der Waals surface area contributed by atoms with E-state index in [9.17, 15) is 33.0 Å². The molecule has 0 bridgehead atoms. The van der Waals surface area contributed by atoms with Gasteiger partial charge in [-0.05, 0) is 20.3 Å². The Labute approximate surface area is 190 Å². The van der Waals surface area contributed by atoms with Crippen molar-refractivity contribution in [3.63, 3.8) is 0 Å². The van der Waals surface area contributed by atoms with Gasteiger partial charge in [-0.15, -0.1) is 11.3 Å². The molecule has 0 saturated carbocycles. The Kier molecular flexibility index (Phi) is 7.63. The predicted octanol–water partition coefficient (Wildman–Crippen LogP) is 5.46. The van der Waals surface area contributed by atoms with Crippen LogP contribution in [0.4, 0.5) is 13.2 Å². The maximum atomic E-state index is 13.5. The van der Waals surface area contributed by atoms with E-state index in [2.05, 4.69) is 4.98 Å². The molecule has 0 spiro atoms. The predicted molar refractivity (Wildman–Crippen MR) is 112 cm³/mol. The molecule has 0 radical (unpaired) electrons. The molecule has 0 saturated heterocycles. The van der Waals surface area contributed by atoms with Crippen molar-refractivity contribution in [2.45, 2.75) is 39.0 Å². The average Bonchev–Trinajstić information content (AvgIpc) is 3.14. The molecule has 1 unspecified atom stereocenters. The van der Waals surface area contributed by atoms with E-state index in [0.29, 0.717) is 24.4 Å². The summed E-state index contributed by atoms with van der Waals surface area (Å²) < 4.78 is 40.4. The number of halogens is 5.